The number of thioether (sulfide) groups is 1. The molecule has 0 amide bonds. The van der Waals surface area contributed by atoms with Crippen LogP contribution in [0.2, 0.25) is 0 Å². The van der Waals surface area contributed by atoms with Gasteiger partial charge in [-0.15, -0.1) is 11.8 Å². The van der Waals surface area contributed by atoms with Crippen molar-refractivity contribution in [3.63, 3.8) is 0 Å². The van der Waals surface area contributed by atoms with Crippen LogP contribution in [0.15, 0.2) is 0 Å². The highest BCUT2D eigenvalue weighted by Gasteiger charge is 2.46. The Balaban J connectivity index is 2.04. The normalized spacial score (nSPS) is 40.2. The van der Waals surface area contributed by atoms with Crippen LogP contribution in [0.5, 0.6) is 0 Å². The summed E-state index contributed by atoms with van der Waals surface area (Å²) in [4.78, 5) is 0.427. The van der Waals surface area contributed by atoms with Gasteiger partial charge in [-0.2, -0.15) is 0 Å². The third-order valence-corrected chi connectivity index (χ3v) is 5.86. The van der Waals surface area contributed by atoms with Gasteiger partial charge in [0.05, 0.1) is 4.87 Å². The molecule has 0 aromatic heterocycles. The molecule has 1 spiro atoms. The molecule has 2 unspecified atom stereocenters. The van der Waals surface area contributed by atoms with Gasteiger partial charge >= 0.3 is 0 Å². The van der Waals surface area contributed by atoms with E-state index >= 15 is 0 Å². The lowest BCUT2D eigenvalue weighted by molar-refractivity contribution is 0.197. The summed E-state index contributed by atoms with van der Waals surface area (Å²) in [6.07, 6.45) is 5.63. The zero-order valence-electron chi connectivity index (χ0n) is 10.6. The van der Waals surface area contributed by atoms with Crippen LogP contribution >= 0.6 is 11.8 Å². The monoisotopic (exact) mass is 227 g/mol. The molecule has 1 aliphatic heterocycles. The van der Waals surface area contributed by atoms with Gasteiger partial charge in [-0.25, -0.2) is 0 Å². The Morgan fingerprint density at radius 2 is 2.07 bits per heavy atom. The molecule has 2 rings (SSSR count). The van der Waals surface area contributed by atoms with Crippen LogP contribution in [0.1, 0.15) is 53.4 Å². The molecule has 0 bridgehead atoms. The van der Waals surface area contributed by atoms with Gasteiger partial charge < -0.3 is 0 Å². The first kappa shape index (κ1) is 11.8. The number of rotatable bonds is 1. The van der Waals surface area contributed by atoms with Gasteiger partial charge in [0.2, 0.25) is 0 Å². The van der Waals surface area contributed by atoms with Crippen LogP contribution in [0, 0.1) is 11.8 Å². The molecular weight excluding hydrogens is 202 g/mol. The Kier molecular flexibility index (Phi) is 3.11. The number of hydrogen-bond donors (Lipinski definition) is 1. The SMILES string of the molecule is CC(C)C1CCCC2(C1)NC(C)(C)CS2. The van der Waals surface area contributed by atoms with Crippen LogP contribution in [-0.4, -0.2) is 16.2 Å². The zero-order chi connectivity index (χ0) is 11.1. The van der Waals surface area contributed by atoms with Crippen molar-refractivity contribution in [2.24, 2.45) is 11.8 Å². The Hall–Kier alpha value is 0.310. The molecule has 1 nitrogen and oxygen atoms in total. The molecule has 1 heterocycles. The Morgan fingerprint density at radius 3 is 2.60 bits per heavy atom. The van der Waals surface area contributed by atoms with Gasteiger partial charge in [0.1, 0.15) is 0 Å². The van der Waals surface area contributed by atoms with Crippen molar-refractivity contribution in [1.29, 1.82) is 0 Å². The molecule has 0 radical (unpaired) electrons. The van der Waals surface area contributed by atoms with Crippen molar-refractivity contribution in [3.05, 3.63) is 0 Å². The maximum Gasteiger partial charge on any atom is 0.0652 e. The van der Waals surface area contributed by atoms with Crippen molar-refractivity contribution in [2.75, 3.05) is 5.75 Å². The minimum absolute atomic E-state index is 0.351. The summed E-state index contributed by atoms with van der Waals surface area (Å²) in [5.41, 5.74) is 0.351. The van der Waals surface area contributed by atoms with Crippen molar-refractivity contribution in [2.45, 2.75) is 63.8 Å². The van der Waals surface area contributed by atoms with Gasteiger partial charge in [-0.1, -0.05) is 26.7 Å². The van der Waals surface area contributed by atoms with E-state index in [1.165, 1.54) is 31.4 Å². The minimum atomic E-state index is 0.351. The van der Waals surface area contributed by atoms with E-state index in [9.17, 15) is 0 Å². The fourth-order valence-corrected chi connectivity index (χ4v) is 4.78. The largest absolute Gasteiger partial charge is 0.297 e. The highest BCUT2D eigenvalue weighted by molar-refractivity contribution is 8.00. The maximum absolute atomic E-state index is 3.89. The quantitative estimate of drug-likeness (QED) is 0.734. The van der Waals surface area contributed by atoms with Crippen LogP contribution < -0.4 is 5.32 Å². The molecule has 2 fully saturated rings. The first-order valence-electron chi connectivity index (χ1n) is 6.36. The second-order valence-corrected chi connectivity index (χ2v) is 7.75. The highest BCUT2D eigenvalue weighted by Crippen LogP contribution is 2.48. The van der Waals surface area contributed by atoms with E-state index in [0.29, 0.717) is 10.4 Å². The van der Waals surface area contributed by atoms with E-state index in [-0.39, 0.29) is 0 Å². The molecule has 1 N–H and O–H groups in total. The minimum Gasteiger partial charge on any atom is -0.297 e. The van der Waals surface area contributed by atoms with Crippen molar-refractivity contribution in [1.82, 2.24) is 5.32 Å². The van der Waals surface area contributed by atoms with Gasteiger partial charge in [0.15, 0.2) is 0 Å². The lowest BCUT2D eigenvalue weighted by Gasteiger charge is -2.40. The van der Waals surface area contributed by atoms with E-state index < -0.39 is 0 Å². The molecule has 1 aliphatic carbocycles. The van der Waals surface area contributed by atoms with Crippen LogP contribution in [0.25, 0.3) is 0 Å². The Labute approximate surface area is 98.8 Å². The summed E-state index contributed by atoms with van der Waals surface area (Å²) < 4.78 is 0. The molecule has 88 valence electrons. The smallest absolute Gasteiger partial charge is 0.0652 e. The fraction of sp³-hybridized carbons (Fsp3) is 1.00. The standard InChI is InChI=1S/C13H25NS/c1-10(2)11-6-5-7-13(8-11)14-12(3,4)9-15-13/h10-11,14H,5-9H2,1-4H3. The maximum atomic E-state index is 3.89. The molecule has 1 saturated heterocycles. The summed E-state index contributed by atoms with van der Waals surface area (Å²) in [7, 11) is 0. The third kappa shape index (κ3) is 2.52. The predicted molar refractivity (Wildman–Crippen MR) is 69.2 cm³/mol. The van der Waals surface area contributed by atoms with Crippen molar-refractivity contribution < 1.29 is 0 Å². The van der Waals surface area contributed by atoms with E-state index in [4.69, 9.17) is 0 Å². The van der Waals surface area contributed by atoms with Crippen molar-refractivity contribution >= 4 is 11.8 Å². The lowest BCUT2D eigenvalue weighted by atomic mass is 9.78. The molecule has 1 saturated carbocycles. The number of hydrogen-bond acceptors (Lipinski definition) is 2. The molecule has 2 aliphatic rings. The fourth-order valence-electron chi connectivity index (χ4n) is 3.10. The van der Waals surface area contributed by atoms with Gasteiger partial charge in [0.25, 0.3) is 0 Å². The highest BCUT2D eigenvalue weighted by atomic mass is 32.2. The van der Waals surface area contributed by atoms with E-state index in [1.54, 1.807) is 0 Å². The second kappa shape index (κ2) is 3.96. The summed E-state index contributed by atoms with van der Waals surface area (Å²) >= 11 is 2.18. The lowest BCUT2D eigenvalue weighted by Crippen LogP contribution is -2.50. The molecule has 0 aromatic carbocycles. The van der Waals surface area contributed by atoms with E-state index in [1.807, 2.05) is 0 Å². The summed E-state index contributed by atoms with van der Waals surface area (Å²) in [6.45, 7) is 9.45. The first-order chi connectivity index (χ1) is 6.93. The Morgan fingerprint density at radius 1 is 1.33 bits per heavy atom. The van der Waals surface area contributed by atoms with Crippen LogP contribution in [-0.2, 0) is 0 Å². The molecule has 2 heteroatoms. The molecule has 2 atom stereocenters. The van der Waals surface area contributed by atoms with Gasteiger partial charge in [-0.3, -0.25) is 5.32 Å². The third-order valence-electron chi connectivity index (χ3n) is 3.97. The predicted octanol–water partition coefficient (Wildman–Crippen LogP) is 3.64. The zero-order valence-corrected chi connectivity index (χ0v) is 11.4. The van der Waals surface area contributed by atoms with E-state index in [0.717, 1.165) is 11.8 Å². The summed E-state index contributed by atoms with van der Waals surface area (Å²) in [5.74, 6) is 3.07. The average molecular weight is 227 g/mol. The van der Waals surface area contributed by atoms with Crippen LogP contribution in [0.4, 0.5) is 0 Å². The number of nitrogens with one attached hydrogen (secondary N) is 1. The molecule has 0 aromatic rings. The van der Waals surface area contributed by atoms with Gasteiger partial charge in [0, 0.05) is 11.3 Å². The van der Waals surface area contributed by atoms with Crippen molar-refractivity contribution in [3.8, 4) is 0 Å². The van der Waals surface area contributed by atoms with Crippen LogP contribution in [0.3, 0.4) is 0 Å². The summed E-state index contributed by atoms with van der Waals surface area (Å²) in [6, 6.07) is 0. The molecule has 15 heavy (non-hydrogen) atoms. The average Bonchev–Trinajstić information content (AvgIpc) is 2.42. The Bertz CT molecular complexity index is 237. The summed E-state index contributed by atoms with van der Waals surface area (Å²) in [5, 5.41) is 3.89. The first-order valence-corrected chi connectivity index (χ1v) is 7.34. The van der Waals surface area contributed by atoms with E-state index in [2.05, 4.69) is 44.8 Å². The van der Waals surface area contributed by atoms with Gasteiger partial charge in [-0.05, 0) is 38.5 Å². The second-order valence-electron chi connectivity index (χ2n) is 6.39. The topological polar surface area (TPSA) is 12.0 Å². The molecular formula is C13H25NS.